The molecule has 2 aliphatic carbocycles. The minimum atomic E-state index is 0.462. The van der Waals surface area contributed by atoms with Crippen molar-refractivity contribution in [2.24, 2.45) is 11.8 Å². The number of nitrogens with zero attached hydrogens (tertiary/aromatic N) is 3. The number of hydrogen-bond donors (Lipinski definition) is 5. The molecule has 2 heterocycles. The van der Waals surface area contributed by atoms with Gasteiger partial charge in [0.05, 0.1) is 0 Å². The lowest BCUT2D eigenvalue weighted by molar-refractivity contribution is 0.275. The number of nitrogen functional groups attached to an aromatic ring is 1. The molecule has 3 fully saturated rings. The van der Waals surface area contributed by atoms with Crippen molar-refractivity contribution in [2.75, 3.05) is 61.8 Å². The number of rotatable bonds is 11. The van der Waals surface area contributed by atoms with Gasteiger partial charge in [-0.15, -0.1) is 0 Å². The number of aromatic nitrogens is 2. The second-order valence-electron chi connectivity index (χ2n) is 10.9. The summed E-state index contributed by atoms with van der Waals surface area (Å²) >= 11 is 0. The number of anilines is 3. The van der Waals surface area contributed by atoms with Gasteiger partial charge in [-0.1, -0.05) is 19.3 Å². The Morgan fingerprint density at radius 3 is 2.53 bits per heavy atom. The summed E-state index contributed by atoms with van der Waals surface area (Å²) in [6, 6.07) is 3.14. The first-order valence-electron chi connectivity index (χ1n) is 14.0. The number of nitrogens with one attached hydrogen (secondary N) is 4. The summed E-state index contributed by atoms with van der Waals surface area (Å²) in [6.07, 6.45) is 13.5. The molecule has 0 bridgehead atoms. The van der Waals surface area contributed by atoms with Gasteiger partial charge in [-0.05, 0) is 83.3 Å². The van der Waals surface area contributed by atoms with E-state index in [9.17, 15) is 0 Å². The van der Waals surface area contributed by atoms with Crippen molar-refractivity contribution < 1.29 is 0 Å². The number of hydrogen-bond acceptors (Lipinski definition) is 8. The minimum absolute atomic E-state index is 0.462. The van der Waals surface area contributed by atoms with Crippen LogP contribution in [0.1, 0.15) is 71.1 Å². The van der Waals surface area contributed by atoms with Gasteiger partial charge < -0.3 is 31.9 Å². The highest BCUT2D eigenvalue weighted by Crippen LogP contribution is 2.29. The molecule has 1 atom stereocenters. The molecule has 4 rings (SSSR count). The summed E-state index contributed by atoms with van der Waals surface area (Å²) < 4.78 is 0. The van der Waals surface area contributed by atoms with Gasteiger partial charge in [0.15, 0.2) is 0 Å². The molecule has 1 aliphatic heterocycles. The Morgan fingerprint density at radius 2 is 1.76 bits per heavy atom. The van der Waals surface area contributed by atoms with Crippen molar-refractivity contribution in [2.45, 2.75) is 83.2 Å². The van der Waals surface area contributed by atoms with Gasteiger partial charge in [-0.2, -0.15) is 9.97 Å². The van der Waals surface area contributed by atoms with Crippen LogP contribution in [0.25, 0.3) is 0 Å². The zero-order chi connectivity index (χ0) is 23.6. The maximum atomic E-state index is 6.10. The molecule has 0 amide bonds. The van der Waals surface area contributed by atoms with Gasteiger partial charge in [-0.3, -0.25) is 0 Å². The predicted octanol–water partition coefficient (Wildman–Crippen LogP) is 2.98. The molecule has 34 heavy (non-hydrogen) atoms. The summed E-state index contributed by atoms with van der Waals surface area (Å²) in [5.41, 5.74) is 6.10. The number of nitrogens with two attached hydrogens (primary N) is 1. The zero-order valence-corrected chi connectivity index (χ0v) is 21.3. The lowest BCUT2D eigenvalue weighted by Gasteiger charge is -2.33. The van der Waals surface area contributed by atoms with E-state index in [2.05, 4.69) is 38.1 Å². The highest BCUT2D eigenvalue weighted by Gasteiger charge is 2.22. The largest absolute Gasteiger partial charge is 0.383 e. The molecule has 8 nitrogen and oxygen atoms in total. The van der Waals surface area contributed by atoms with Gasteiger partial charge in [0.1, 0.15) is 11.6 Å². The monoisotopic (exact) mass is 472 g/mol. The highest BCUT2D eigenvalue weighted by molar-refractivity contribution is 5.52. The molecule has 0 unspecified atom stereocenters. The third kappa shape index (κ3) is 8.24. The van der Waals surface area contributed by atoms with Crippen molar-refractivity contribution in [1.82, 2.24) is 25.9 Å². The molecular formula is C26H48N8. The van der Waals surface area contributed by atoms with Crippen LogP contribution in [-0.4, -0.2) is 67.9 Å². The van der Waals surface area contributed by atoms with Crippen LogP contribution in [0.4, 0.5) is 17.6 Å². The first-order chi connectivity index (χ1) is 16.7. The van der Waals surface area contributed by atoms with E-state index < -0.39 is 0 Å². The second kappa shape index (κ2) is 13.4. The van der Waals surface area contributed by atoms with E-state index in [1.165, 1.54) is 70.8 Å². The van der Waals surface area contributed by atoms with Crippen molar-refractivity contribution in [3.05, 3.63) is 6.07 Å². The summed E-state index contributed by atoms with van der Waals surface area (Å²) in [4.78, 5) is 11.5. The predicted molar refractivity (Wildman–Crippen MR) is 142 cm³/mol. The average molecular weight is 473 g/mol. The van der Waals surface area contributed by atoms with Gasteiger partial charge in [-0.25, -0.2) is 0 Å². The van der Waals surface area contributed by atoms with E-state index in [4.69, 9.17) is 10.7 Å². The fraction of sp³-hybridized carbons (Fsp3) is 0.846. The lowest BCUT2D eigenvalue weighted by Crippen LogP contribution is -2.49. The Balaban J connectivity index is 1.09. The van der Waals surface area contributed by atoms with E-state index in [1.807, 2.05) is 6.07 Å². The van der Waals surface area contributed by atoms with Crippen molar-refractivity contribution in [1.29, 1.82) is 0 Å². The molecule has 1 aromatic heterocycles. The van der Waals surface area contributed by atoms with Gasteiger partial charge in [0.2, 0.25) is 5.95 Å². The van der Waals surface area contributed by atoms with E-state index >= 15 is 0 Å². The highest BCUT2D eigenvalue weighted by atomic mass is 15.3. The third-order valence-corrected chi connectivity index (χ3v) is 7.94. The fourth-order valence-corrected chi connectivity index (χ4v) is 5.84. The quantitative estimate of drug-likeness (QED) is 0.313. The smallest absolute Gasteiger partial charge is 0.226 e. The Morgan fingerprint density at radius 1 is 1.00 bits per heavy atom. The molecule has 192 valence electrons. The van der Waals surface area contributed by atoms with E-state index in [1.54, 1.807) is 0 Å². The maximum Gasteiger partial charge on any atom is 0.226 e. The summed E-state index contributed by atoms with van der Waals surface area (Å²) in [6.45, 7) is 9.50. The van der Waals surface area contributed by atoms with Crippen LogP contribution in [0.5, 0.6) is 0 Å². The molecular weight excluding hydrogens is 424 g/mol. The van der Waals surface area contributed by atoms with Crippen LogP contribution in [0.15, 0.2) is 6.07 Å². The minimum Gasteiger partial charge on any atom is -0.383 e. The molecule has 1 saturated heterocycles. The first kappa shape index (κ1) is 25.5. The van der Waals surface area contributed by atoms with Crippen LogP contribution < -0.4 is 31.9 Å². The van der Waals surface area contributed by atoms with Gasteiger partial charge >= 0.3 is 0 Å². The summed E-state index contributed by atoms with van der Waals surface area (Å²) in [5.74, 6) is 3.68. The third-order valence-electron chi connectivity index (χ3n) is 7.94. The Kier molecular flexibility index (Phi) is 10.1. The lowest BCUT2D eigenvalue weighted by atomic mass is 9.82. The molecule has 1 aromatic rings. The number of piperazine rings is 1. The summed E-state index contributed by atoms with van der Waals surface area (Å²) in [7, 11) is 0. The second-order valence-corrected chi connectivity index (χ2v) is 10.9. The van der Waals surface area contributed by atoms with E-state index in [0.717, 1.165) is 57.0 Å². The molecule has 2 saturated carbocycles. The molecule has 6 N–H and O–H groups in total. The van der Waals surface area contributed by atoms with Crippen LogP contribution >= 0.6 is 0 Å². The fourth-order valence-electron chi connectivity index (χ4n) is 5.84. The first-order valence-corrected chi connectivity index (χ1v) is 14.0. The molecule has 8 heteroatoms. The van der Waals surface area contributed by atoms with Crippen molar-refractivity contribution in [3.63, 3.8) is 0 Å². The van der Waals surface area contributed by atoms with Crippen LogP contribution in [0.3, 0.4) is 0 Å². The molecule has 0 aromatic carbocycles. The van der Waals surface area contributed by atoms with Crippen molar-refractivity contribution in [3.8, 4) is 0 Å². The van der Waals surface area contributed by atoms with E-state index in [-0.39, 0.29) is 0 Å². The Hall–Kier alpha value is -1.64. The van der Waals surface area contributed by atoms with Crippen LogP contribution in [0.2, 0.25) is 0 Å². The van der Waals surface area contributed by atoms with Gasteiger partial charge in [0.25, 0.3) is 0 Å². The Bertz CT molecular complexity index is 715. The summed E-state index contributed by atoms with van der Waals surface area (Å²) in [5, 5.41) is 14.4. The SMILES string of the molecule is C[C@H]1CN(c2cc(N)nc(NC[C@H]3CC[C@H](CNCCCNC4CCCCC4)CC3)n2)CCN1. The molecule has 0 spiro atoms. The topological polar surface area (TPSA) is 103 Å². The average Bonchev–Trinajstić information content (AvgIpc) is 2.86. The normalized spacial score (nSPS) is 26.5. The van der Waals surface area contributed by atoms with Crippen LogP contribution in [0, 0.1) is 11.8 Å². The zero-order valence-electron chi connectivity index (χ0n) is 21.3. The van der Waals surface area contributed by atoms with Gasteiger partial charge in [0, 0.05) is 44.3 Å². The maximum absolute atomic E-state index is 6.10. The van der Waals surface area contributed by atoms with Crippen molar-refractivity contribution >= 4 is 17.6 Å². The Labute approximate surface area is 206 Å². The standard InChI is InChI=1S/C26H48N8/c1-20-19-34(15-14-29-20)25-16-24(27)32-26(33-25)31-18-22-10-8-21(9-11-22)17-28-12-5-13-30-23-6-3-2-4-7-23/h16,20-23,28-30H,2-15,17-19H2,1H3,(H3,27,31,32,33)/t20-,21-,22-/m0/s1. The molecule has 0 radical (unpaired) electrons. The van der Waals surface area contributed by atoms with E-state index in [0.29, 0.717) is 23.7 Å². The molecule has 3 aliphatic rings. The van der Waals surface area contributed by atoms with Crippen LogP contribution in [-0.2, 0) is 0 Å².